The zero-order valence-electron chi connectivity index (χ0n) is 13.4. The predicted molar refractivity (Wildman–Crippen MR) is 82.6 cm³/mol. The van der Waals surface area contributed by atoms with Crippen LogP contribution in [0.25, 0.3) is 0 Å². The second-order valence-corrected chi connectivity index (χ2v) is 6.75. The van der Waals surface area contributed by atoms with Gasteiger partial charge in [-0.2, -0.15) is 0 Å². The van der Waals surface area contributed by atoms with Crippen LogP contribution in [0.5, 0.6) is 5.75 Å². The summed E-state index contributed by atoms with van der Waals surface area (Å²) in [7, 11) is 0. The molecule has 114 valence electrons. The van der Waals surface area contributed by atoms with Gasteiger partial charge < -0.3 is 10.1 Å². The zero-order chi connectivity index (χ0) is 15.2. The minimum atomic E-state index is -0.275. The molecule has 0 heterocycles. The van der Waals surface area contributed by atoms with Crippen molar-refractivity contribution < 1.29 is 9.13 Å². The van der Waals surface area contributed by atoms with E-state index in [4.69, 9.17) is 4.74 Å². The first-order chi connectivity index (χ1) is 9.28. The topological polar surface area (TPSA) is 21.3 Å². The van der Waals surface area contributed by atoms with Gasteiger partial charge in [0, 0.05) is 12.1 Å². The molecule has 0 aromatic heterocycles. The van der Waals surface area contributed by atoms with E-state index in [2.05, 4.69) is 39.9 Å². The molecule has 1 rings (SSSR count). The van der Waals surface area contributed by atoms with Crippen molar-refractivity contribution in [2.45, 2.75) is 59.5 Å². The maximum absolute atomic E-state index is 13.9. The van der Waals surface area contributed by atoms with Crippen LogP contribution < -0.4 is 10.1 Å². The highest BCUT2D eigenvalue weighted by molar-refractivity contribution is 5.29. The van der Waals surface area contributed by atoms with E-state index in [1.807, 2.05) is 6.07 Å². The van der Waals surface area contributed by atoms with Gasteiger partial charge in [0.15, 0.2) is 11.6 Å². The summed E-state index contributed by atoms with van der Waals surface area (Å²) < 4.78 is 19.4. The van der Waals surface area contributed by atoms with Gasteiger partial charge in [0.05, 0.1) is 6.61 Å². The molecule has 0 saturated heterocycles. The molecule has 1 aromatic carbocycles. The summed E-state index contributed by atoms with van der Waals surface area (Å²) in [6.45, 7) is 11.9. The zero-order valence-corrected chi connectivity index (χ0v) is 13.4. The van der Waals surface area contributed by atoms with Gasteiger partial charge in [0.2, 0.25) is 0 Å². The average Bonchev–Trinajstić information content (AvgIpc) is 2.33. The van der Waals surface area contributed by atoms with Crippen molar-refractivity contribution in [1.29, 1.82) is 0 Å². The maximum Gasteiger partial charge on any atom is 0.165 e. The van der Waals surface area contributed by atoms with Crippen molar-refractivity contribution in [3.8, 4) is 5.75 Å². The van der Waals surface area contributed by atoms with Crippen LogP contribution in [0, 0.1) is 11.7 Å². The molecule has 2 nitrogen and oxygen atoms in total. The van der Waals surface area contributed by atoms with Crippen LogP contribution in [0.2, 0.25) is 0 Å². The molecular weight excluding hydrogens is 253 g/mol. The molecule has 0 radical (unpaired) electrons. The van der Waals surface area contributed by atoms with Crippen LogP contribution in [-0.4, -0.2) is 12.1 Å². The Kier molecular flexibility index (Phi) is 6.47. The minimum Gasteiger partial charge on any atom is -0.491 e. The first kappa shape index (κ1) is 17.0. The Bertz CT molecular complexity index is 410. The number of hydrogen-bond acceptors (Lipinski definition) is 2. The largest absolute Gasteiger partial charge is 0.491 e. The van der Waals surface area contributed by atoms with Gasteiger partial charge in [-0.05, 0) is 57.2 Å². The summed E-state index contributed by atoms with van der Waals surface area (Å²) in [6.07, 6.45) is 2.07. The Labute approximate surface area is 122 Å². The van der Waals surface area contributed by atoms with Gasteiger partial charge in [-0.1, -0.05) is 19.9 Å². The molecule has 0 bridgehead atoms. The number of rotatable bonds is 7. The van der Waals surface area contributed by atoms with Crippen molar-refractivity contribution in [3.05, 3.63) is 29.6 Å². The van der Waals surface area contributed by atoms with E-state index < -0.39 is 0 Å². The van der Waals surface area contributed by atoms with Gasteiger partial charge in [-0.3, -0.25) is 0 Å². The summed E-state index contributed by atoms with van der Waals surface area (Å²) in [5, 5.41) is 3.34. The van der Waals surface area contributed by atoms with Crippen molar-refractivity contribution in [1.82, 2.24) is 5.32 Å². The monoisotopic (exact) mass is 281 g/mol. The molecule has 0 spiro atoms. The number of benzene rings is 1. The summed E-state index contributed by atoms with van der Waals surface area (Å²) in [6, 6.07) is 5.19. The Morgan fingerprint density at radius 3 is 2.50 bits per heavy atom. The first-order valence-electron chi connectivity index (χ1n) is 7.44. The second kappa shape index (κ2) is 7.63. The van der Waals surface area contributed by atoms with Crippen molar-refractivity contribution >= 4 is 0 Å². The SMILES string of the molecule is CC(C)CCCOc1ccc(CNC(C)(C)C)cc1F. The van der Waals surface area contributed by atoms with Crippen molar-refractivity contribution in [3.63, 3.8) is 0 Å². The van der Waals surface area contributed by atoms with Crippen molar-refractivity contribution in [2.24, 2.45) is 5.92 Å². The highest BCUT2D eigenvalue weighted by Gasteiger charge is 2.10. The van der Waals surface area contributed by atoms with E-state index in [9.17, 15) is 4.39 Å². The highest BCUT2D eigenvalue weighted by Crippen LogP contribution is 2.19. The Hall–Kier alpha value is -1.09. The standard InChI is InChI=1S/C17H28FNO/c1-13(2)7-6-10-20-16-9-8-14(11-15(16)18)12-19-17(3,4)5/h8-9,11,13,19H,6-7,10,12H2,1-5H3. The van der Waals surface area contributed by atoms with E-state index >= 15 is 0 Å². The molecule has 1 aromatic rings. The molecule has 3 heteroatoms. The quantitative estimate of drug-likeness (QED) is 0.741. The fraction of sp³-hybridized carbons (Fsp3) is 0.647. The number of ether oxygens (including phenoxy) is 1. The summed E-state index contributed by atoms with van der Waals surface area (Å²) in [5.74, 6) is 0.741. The molecule has 1 N–H and O–H groups in total. The third-order valence-corrected chi connectivity index (χ3v) is 3.00. The number of halogens is 1. The molecule has 0 aliphatic heterocycles. The highest BCUT2D eigenvalue weighted by atomic mass is 19.1. The van der Waals surface area contributed by atoms with Gasteiger partial charge in [-0.25, -0.2) is 4.39 Å². The summed E-state index contributed by atoms with van der Waals surface area (Å²) >= 11 is 0. The first-order valence-corrected chi connectivity index (χ1v) is 7.44. The van der Waals surface area contributed by atoms with Crippen LogP contribution in [-0.2, 0) is 6.54 Å². The average molecular weight is 281 g/mol. The molecular formula is C17H28FNO. The number of hydrogen-bond donors (Lipinski definition) is 1. The fourth-order valence-electron chi connectivity index (χ4n) is 1.81. The molecule has 0 amide bonds. The molecule has 0 atom stereocenters. The van der Waals surface area contributed by atoms with Crippen LogP contribution >= 0.6 is 0 Å². The molecule has 20 heavy (non-hydrogen) atoms. The van der Waals surface area contributed by atoms with Crippen LogP contribution in [0.4, 0.5) is 4.39 Å². The number of nitrogens with one attached hydrogen (secondary N) is 1. The molecule has 0 aliphatic carbocycles. The fourth-order valence-corrected chi connectivity index (χ4v) is 1.81. The lowest BCUT2D eigenvalue weighted by molar-refractivity contribution is 0.284. The van der Waals surface area contributed by atoms with Gasteiger partial charge >= 0.3 is 0 Å². The smallest absolute Gasteiger partial charge is 0.165 e. The third kappa shape index (κ3) is 6.90. The third-order valence-electron chi connectivity index (χ3n) is 3.00. The summed E-state index contributed by atoms with van der Waals surface area (Å²) in [4.78, 5) is 0. The van der Waals surface area contributed by atoms with Crippen LogP contribution in [0.15, 0.2) is 18.2 Å². The molecule has 0 fully saturated rings. The maximum atomic E-state index is 13.9. The van der Waals surface area contributed by atoms with E-state index in [0.29, 0.717) is 24.8 Å². The van der Waals surface area contributed by atoms with Crippen LogP contribution in [0.1, 0.15) is 53.0 Å². The van der Waals surface area contributed by atoms with E-state index in [0.717, 1.165) is 18.4 Å². The lowest BCUT2D eigenvalue weighted by atomic mass is 10.1. The molecule has 0 saturated carbocycles. The van der Waals surface area contributed by atoms with Gasteiger partial charge in [-0.15, -0.1) is 0 Å². The molecule has 0 unspecified atom stereocenters. The normalized spacial score (nSPS) is 11.9. The van der Waals surface area contributed by atoms with Gasteiger partial charge in [0.25, 0.3) is 0 Å². The van der Waals surface area contributed by atoms with E-state index in [1.54, 1.807) is 12.1 Å². The summed E-state index contributed by atoms with van der Waals surface area (Å²) in [5.41, 5.74) is 0.967. The lowest BCUT2D eigenvalue weighted by Crippen LogP contribution is -2.35. The Morgan fingerprint density at radius 1 is 1.25 bits per heavy atom. The predicted octanol–water partition coefficient (Wildman–Crippen LogP) is 4.53. The Balaban J connectivity index is 2.47. The molecule has 0 aliphatic rings. The van der Waals surface area contributed by atoms with Gasteiger partial charge in [0.1, 0.15) is 0 Å². The van der Waals surface area contributed by atoms with E-state index in [1.165, 1.54) is 0 Å². The second-order valence-electron chi connectivity index (χ2n) is 6.75. The van der Waals surface area contributed by atoms with Crippen molar-refractivity contribution in [2.75, 3.05) is 6.61 Å². The lowest BCUT2D eigenvalue weighted by Gasteiger charge is -2.20. The Morgan fingerprint density at radius 2 is 1.95 bits per heavy atom. The van der Waals surface area contributed by atoms with E-state index in [-0.39, 0.29) is 11.4 Å². The minimum absolute atomic E-state index is 0.0303. The van der Waals surface area contributed by atoms with Crippen LogP contribution in [0.3, 0.4) is 0 Å².